The summed E-state index contributed by atoms with van der Waals surface area (Å²) in [6.07, 6.45) is 0. The van der Waals surface area contributed by atoms with Gasteiger partial charge in [-0.3, -0.25) is 0 Å². The van der Waals surface area contributed by atoms with Crippen LogP contribution in [0.25, 0.3) is 0 Å². The topological polar surface area (TPSA) is 23.1 Å². The van der Waals surface area contributed by atoms with E-state index in [1.165, 1.54) is 18.2 Å². The molecule has 1 rings (SSSR count). The van der Waals surface area contributed by atoms with Gasteiger partial charge in [-0.1, -0.05) is 35.0 Å². The molecule has 0 N–H and O–H groups in total. The summed E-state index contributed by atoms with van der Waals surface area (Å²) >= 11 is 10.9. The molecule has 0 saturated heterocycles. The molecule has 3 heteroatoms. The second kappa shape index (κ2) is 2.46. The van der Waals surface area contributed by atoms with Gasteiger partial charge in [0.25, 0.3) is 0 Å². The van der Waals surface area contributed by atoms with E-state index in [9.17, 15) is 5.11 Å². The van der Waals surface area contributed by atoms with Crippen molar-refractivity contribution in [1.82, 2.24) is 0 Å². The lowest BCUT2D eigenvalue weighted by Crippen LogP contribution is -1.88. The Hall–Kier alpha value is -0.400. The molecule has 0 bridgehead atoms. The van der Waals surface area contributed by atoms with Crippen molar-refractivity contribution in [3.05, 3.63) is 28.2 Å². The molecule has 1 nitrogen and oxygen atoms in total. The Morgan fingerprint density at radius 3 is 2.33 bits per heavy atom. The highest BCUT2D eigenvalue weighted by molar-refractivity contribution is 6.35. The zero-order valence-corrected chi connectivity index (χ0v) is 5.91. The zero-order chi connectivity index (χ0) is 6.85. The van der Waals surface area contributed by atoms with Crippen molar-refractivity contribution in [1.29, 1.82) is 0 Å². The van der Waals surface area contributed by atoms with Crippen LogP contribution in [0.15, 0.2) is 18.2 Å². The summed E-state index contributed by atoms with van der Waals surface area (Å²) in [5.74, 6) is -0.193. The predicted molar refractivity (Wildman–Crippen MR) is 35.9 cm³/mol. The van der Waals surface area contributed by atoms with Gasteiger partial charge in [-0.2, -0.15) is 0 Å². The van der Waals surface area contributed by atoms with Gasteiger partial charge >= 0.3 is 0 Å². The Bertz CT molecular complexity index is 222. The molecule has 0 aliphatic carbocycles. The van der Waals surface area contributed by atoms with Crippen molar-refractivity contribution in [2.24, 2.45) is 0 Å². The molecule has 1 aromatic carbocycles. The second-order valence-electron chi connectivity index (χ2n) is 1.57. The normalized spacial score (nSPS) is 9.56. The van der Waals surface area contributed by atoms with Gasteiger partial charge in [-0.25, -0.2) is 0 Å². The number of benzene rings is 1. The maximum atomic E-state index is 10.6. The van der Waals surface area contributed by atoms with Crippen LogP contribution in [0.5, 0.6) is 5.75 Å². The number of rotatable bonds is 0. The van der Waals surface area contributed by atoms with E-state index in [4.69, 9.17) is 23.2 Å². The molecule has 0 saturated carbocycles. The molecule has 0 aliphatic heterocycles. The van der Waals surface area contributed by atoms with Crippen LogP contribution in [0, 0.1) is 0 Å². The van der Waals surface area contributed by atoms with Gasteiger partial charge in [-0.15, -0.1) is 0 Å². The Morgan fingerprint density at radius 1 is 1.22 bits per heavy atom. The summed E-state index contributed by atoms with van der Waals surface area (Å²) in [6.45, 7) is 0. The van der Waals surface area contributed by atoms with E-state index in [0.29, 0.717) is 5.02 Å². The minimum absolute atomic E-state index is 0.169. The van der Waals surface area contributed by atoms with Crippen molar-refractivity contribution in [3.63, 3.8) is 0 Å². The van der Waals surface area contributed by atoms with Gasteiger partial charge in [0.2, 0.25) is 0 Å². The monoisotopic (exact) mass is 161 g/mol. The third-order valence-electron chi connectivity index (χ3n) is 0.894. The Balaban J connectivity index is 3.17. The molecule has 0 spiro atoms. The first kappa shape index (κ1) is 6.72. The van der Waals surface area contributed by atoms with Crippen LogP contribution in [-0.2, 0) is 0 Å². The number of halogens is 2. The maximum Gasteiger partial charge on any atom is 0.0420 e. The SMILES string of the molecule is [O-]c1ccc(Cl)cc1Cl. The van der Waals surface area contributed by atoms with Crippen LogP contribution in [0.4, 0.5) is 0 Å². The van der Waals surface area contributed by atoms with Crippen molar-refractivity contribution in [2.45, 2.75) is 0 Å². The molecule has 0 unspecified atom stereocenters. The molecule has 0 aromatic heterocycles. The van der Waals surface area contributed by atoms with Gasteiger partial charge in [0.1, 0.15) is 0 Å². The van der Waals surface area contributed by atoms with E-state index in [2.05, 4.69) is 0 Å². The largest absolute Gasteiger partial charge is 0.871 e. The van der Waals surface area contributed by atoms with Gasteiger partial charge in [0.05, 0.1) is 0 Å². The van der Waals surface area contributed by atoms with Crippen LogP contribution in [0.1, 0.15) is 0 Å². The van der Waals surface area contributed by atoms with Gasteiger partial charge in [0, 0.05) is 10.0 Å². The highest BCUT2D eigenvalue weighted by Crippen LogP contribution is 2.23. The minimum atomic E-state index is -0.193. The Labute approximate surface area is 62.8 Å². The van der Waals surface area contributed by atoms with Crippen molar-refractivity contribution < 1.29 is 5.11 Å². The lowest BCUT2D eigenvalue weighted by molar-refractivity contribution is -0.268. The zero-order valence-electron chi connectivity index (χ0n) is 4.40. The number of hydrogen-bond donors (Lipinski definition) is 0. The first-order valence-corrected chi connectivity index (χ1v) is 3.08. The highest BCUT2D eigenvalue weighted by atomic mass is 35.5. The summed E-state index contributed by atoms with van der Waals surface area (Å²) in [7, 11) is 0. The summed E-state index contributed by atoms with van der Waals surface area (Å²) in [5, 5.41) is 11.2. The Kier molecular flexibility index (Phi) is 1.84. The van der Waals surface area contributed by atoms with Crippen LogP contribution in [-0.4, -0.2) is 0 Å². The fraction of sp³-hybridized carbons (Fsp3) is 0. The highest BCUT2D eigenvalue weighted by Gasteiger charge is 1.88. The molecular weight excluding hydrogens is 159 g/mol. The smallest absolute Gasteiger partial charge is 0.0420 e. The summed E-state index contributed by atoms with van der Waals surface area (Å²) < 4.78 is 0. The molecular formula is C6H3Cl2O-. The average molecular weight is 162 g/mol. The Morgan fingerprint density at radius 2 is 1.89 bits per heavy atom. The van der Waals surface area contributed by atoms with E-state index in [1.807, 2.05) is 0 Å². The van der Waals surface area contributed by atoms with Crippen LogP contribution in [0.3, 0.4) is 0 Å². The third-order valence-corrected chi connectivity index (χ3v) is 1.42. The van der Waals surface area contributed by atoms with Gasteiger partial charge in [0.15, 0.2) is 0 Å². The van der Waals surface area contributed by atoms with E-state index in [-0.39, 0.29) is 10.8 Å². The fourth-order valence-corrected chi connectivity index (χ4v) is 0.884. The standard InChI is InChI=1S/C6H4Cl2O/c7-4-1-2-6(9)5(8)3-4/h1-3,9H/p-1. The van der Waals surface area contributed by atoms with Crippen LogP contribution >= 0.6 is 23.2 Å². The molecule has 9 heavy (non-hydrogen) atoms. The molecule has 48 valence electrons. The van der Waals surface area contributed by atoms with E-state index in [0.717, 1.165) is 0 Å². The van der Waals surface area contributed by atoms with E-state index < -0.39 is 0 Å². The molecule has 1 aromatic rings. The van der Waals surface area contributed by atoms with Crippen molar-refractivity contribution in [3.8, 4) is 5.75 Å². The lowest BCUT2D eigenvalue weighted by atomic mass is 10.3. The summed E-state index contributed by atoms with van der Waals surface area (Å²) in [4.78, 5) is 0. The van der Waals surface area contributed by atoms with Crippen molar-refractivity contribution in [2.75, 3.05) is 0 Å². The minimum Gasteiger partial charge on any atom is -0.871 e. The molecule has 0 amide bonds. The van der Waals surface area contributed by atoms with Gasteiger partial charge < -0.3 is 5.11 Å². The summed E-state index contributed by atoms with van der Waals surface area (Å²) in [6, 6.07) is 4.27. The van der Waals surface area contributed by atoms with Gasteiger partial charge in [-0.05, 0) is 12.1 Å². The molecule has 0 radical (unpaired) electrons. The van der Waals surface area contributed by atoms with Crippen LogP contribution < -0.4 is 5.11 Å². The fourth-order valence-electron chi connectivity index (χ4n) is 0.475. The predicted octanol–water partition coefficient (Wildman–Crippen LogP) is 2.07. The van der Waals surface area contributed by atoms with Crippen molar-refractivity contribution >= 4 is 23.2 Å². The van der Waals surface area contributed by atoms with E-state index >= 15 is 0 Å². The number of hydrogen-bond acceptors (Lipinski definition) is 1. The third kappa shape index (κ3) is 1.50. The first-order valence-electron chi connectivity index (χ1n) is 2.32. The summed E-state index contributed by atoms with van der Waals surface area (Å²) in [5.41, 5.74) is 0. The first-order chi connectivity index (χ1) is 4.20. The molecule has 0 heterocycles. The quantitative estimate of drug-likeness (QED) is 0.572. The van der Waals surface area contributed by atoms with E-state index in [1.54, 1.807) is 0 Å². The lowest BCUT2D eigenvalue weighted by Gasteiger charge is -2.05. The maximum absolute atomic E-state index is 10.6. The molecule has 0 aliphatic rings. The molecule has 0 fully saturated rings. The average Bonchev–Trinajstić information content (AvgIpc) is 1.80. The molecule has 0 atom stereocenters. The second-order valence-corrected chi connectivity index (χ2v) is 2.42. The van der Waals surface area contributed by atoms with Crippen LogP contribution in [0.2, 0.25) is 10.0 Å².